The number of aryl methyl sites for hydroxylation is 1. The Morgan fingerprint density at radius 2 is 1.58 bits per heavy atom. The van der Waals surface area contributed by atoms with Crippen molar-refractivity contribution in [1.29, 1.82) is 0 Å². The Morgan fingerprint density at radius 3 is 2.35 bits per heavy atom. The highest BCUT2D eigenvalue weighted by Crippen LogP contribution is 2.29. The predicted octanol–water partition coefficient (Wildman–Crippen LogP) is 4.34. The minimum absolute atomic E-state index is 0.225. The summed E-state index contributed by atoms with van der Waals surface area (Å²) in [6.45, 7) is 1.92. The van der Waals surface area contributed by atoms with E-state index in [1.54, 1.807) is 36.4 Å². The lowest BCUT2D eigenvalue weighted by molar-refractivity contribution is 0.601. The number of aromatic amines is 1. The van der Waals surface area contributed by atoms with Crippen LogP contribution in [-0.4, -0.2) is 18.4 Å². The number of H-pyrrole nitrogens is 1. The number of benzene rings is 3. The van der Waals surface area contributed by atoms with Crippen LogP contribution in [0.2, 0.25) is 0 Å². The van der Waals surface area contributed by atoms with Gasteiger partial charge in [0, 0.05) is 5.56 Å². The molecule has 0 saturated heterocycles. The first-order chi connectivity index (χ1) is 12.5. The van der Waals surface area contributed by atoms with Crippen molar-refractivity contribution in [2.75, 3.05) is 4.72 Å². The van der Waals surface area contributed by atoms with Crippen molar-refractivity contribution in [1.82, 2.24) is 9.97 Å². The van der Waals surface area contributed by atoms with E-state index in [0.29, 0.717) is 17.1 Å². The Hall–Kier alpha value is -3.12. The zero-order chi connectivity index (χ0) is 18.1. The van der Waals surface area contributed by atoms with E-state index in [2.05, 4.69) is 14.7 Å². The summed E-state index contributed by atoms with van der Waals surface area (Å²) >= 11 is 0. The van der Waals surface area contributed by atoms with Crippen molar-refractivity contribution in [3.8, 4) is 11.4 Å². The van der Waals surface area contributed by atoms with Crippen LogP contribution < -0.4 is 4.72 Å². The molecule has 0 aliphatic heterocycles. The maximum Gasteiger partial charge on any atom is 0.261 e. The normalized spacial score (nSPS) is 11.6. The third kappa shape index (κ3) is 3.07. The molecule has 0 bridgehead atoms. The number of fused-ring (bicyclic) bond motifs is 1. The molecule has 26 heavy (non-hydrogen) atoms. The van der Waals surface area contributed by atoms with Crippen LogP contribution >= 0.6 is 0 Å². The molecule has 2 N–H and O–H groups in total. The number of hydrogen-bond donors (Lipinski definition) is 2. The van der Waals surface area contributed by atoms with Crippen LogP contribution in [0.3, 0.4) is 0 Å². The van der Waals surface area contributed by atoms with Gasteiger partial charge in [-0.25, -0.2) is 13.4 Å². The Kier molecular flexibility index (Phi) is 3.97. The van der Waals surface area contributed by atoms with E-state index in [9.17, 15) is 8.42 Å². The summed E-state index contributed by atoms with van der Waals surface area (Å²) in [6, 6.07) is 21.7. The summed E-state index contributed by atoms with van der Waals surface area (Å²) in [6.07, 6.45) is 0. The van der Waals surface area contributed by atoms with Crippen LogP contribution in [0.5, 0.6) is 0 Å². The van der Waals surface area contributed by atoms with Crippen LogP contribution in [0.4, 0.5) is 5.69 Å². The molecule has 130 valence electrons. The second-order valence-electron chi connectivity index (χ2n) is 6.07. The van der Waals surface area contributed by atoms with E-state index >= 15 is 0 Å². The van der Waals surface area contributed by atoms with E-state index in [1.165, 1.54) is 0 Å². The standard InChI is InChI=1S/C20H17N3O2S/c1-14-10-12-15(13-11-14)26(24,25)23-17-7-3-2-6-16(17)20-21-18-8-4-5-9-19(18)22-20/h2-13,23H,1H3,(H,21,22). The topological polar surface area (TPSA) is 74.8 Å². The number of sulfonamides is 1. The lowest BCUT2D eigenvalue weighted by Gasteiger charge is -2.11. The van der Waals surface area contributed by atoms with Crippen molar-refractivity contribution in [3.05, 3.63) is 78.4 Å². The van der Waals surface area contributed by atoms with Gasteiger partial charge in [0.05, 0.1) is 21.6 Å². The fourth-order valence-corrected chi connectivity index (χ4v) is 3.86. The molecule has 0 radical (unpaired) electrons. The quantitative estimate of drug-likeness (QED) is 0.566. The molecule has 0 spiro atoms. The molecule has 3 aromatic carbocycles. The van der Waals surface area contributed by atoms with E-state index in [1.807, 2.05) is 43.3 Å². The lowest BCUT2D eigenvalue weighted by Crippen LogP contribution is -2.13. The van der Waals surface area contributed by atoms with Gasteiger partial charge < -0.3 is 4.98 Å². The maximum atomic E-state index is 12.7. The Bertz CT molecular complexity index is 1150. The molecular weight excluding hydrogens is 346 g/mol. The molecule has 5 nitrogen and oxygen atoms in total. The largest absolute Gasteiger partial charge is 0.338 e. The SMILES string of the molecule is Cc1ccc(S(=O)(=O)Nc2ccccc2-c2nc3ccccc3[nH]2)cc1. The van der Waals surface area contributed by atoms with Crippen molar-refractivity contribution in [2.45, 2.75) is 11.8 Å². The number of nitrogens with zero attached hydrogens (tertiary/aromatic N) is 1. The fourth-order valence-electron chi connectivity index (χ4n) is 2.78. The highest BCUT2D eigenvalue weighted by Gasteiger charge is 2.17. The van der Waals surface area contributed by atoms with E-state index in [4.69, 9.17) is 0 Å². The molecule has 0 aliphatic carbocycles. The number of nitrogens with one attached hydrogen (secondary N) is 2. The summed E-state index contributed by atoms with van der Waals surface area (Å²) in [5, 5.41) is 0. The van der Waals surface area contributed by atoms with E-state index < -0.39 is 10.0 Å². The Morgan fingerprint density at radius 1 is 0.885 bits per heavy atom. The lowest BCUT2D eigenvalue weighted by atomic mass is 10.2. The predicted molar refractivity (Wildman–Crippen MR) is 104 cm³/mol. The molecule has 0 saturated carbocycles. The van der Waals surface area contributed by atoms with Gasteiger partial charge in [0.25, 0.3) is 10.0 Å². The average molecular weight is 363 g/mol. The molecule has 6 heteroatoms. The highest BCUT2D eigenvalue weighted by atomic mass is 32.2. The average Bonchev–Trinajstić information content (AvgIpc) is 3.06. The van der Waals surface area contributed by atoms with Crippen molar-refractivity contribution >= 4 is 26.7 Å². The van der Waals surface area contributed by atoms with Crippen molar-refractivity contribution in [3.63, 3.8) is 0 Å². The summed E-state index contributed by atoms with van der Waals surface area (Å²) < 4.78 is 28.1. The fraction of sp³-hybridized carbons (Fsp3) is 0.0500. The van der Waals surface area contributed by atoms with Crippen LogP contribution in [0, 0.1) is 6.92 Å². The van der Waals surface area contributed by atoms with Crippen molar-refractivity contribution < 1.29 is 8.42 Å². The van der Waals surface area contributed by atoms with Gasteiger partial charge in [0.15, 0.2) is 0 Å². The van der Waals surface area contributed by atoms with Gasteiger partial charge in [0.2, 0.25) is 0 Å². The molecule has 1 aromatic heterocycles. The molecule has 4 rings (SSSR count). The highest BCUT2D eigenvalue weighted by molar-refractivity contribution is 7.92. The molecular formula is C20H17N3O2S. The van der Waals surface area contributed by atoms with Gasteiger partial charge in [-0.3, -0.25) is 4.72 Å². The molecule has 0 amide bonds. The molecule has 0 aliphatic rings. The summed E-state index contributed by atoms with van der Waals surface area (Å²) in [4.78, 5) is 8.03. The zero-order valence-corrected chi connectivity index (χ0v) is 14.9. The smallest absolute Gasteiger partial charge is 0.261 e. The van der Waals surface area contributed by atoms with Crippen LogP contribution in [-0.2, 0) is 10.0 Å². The first kappa shape index (κ1) is 16.4. The molecule has 0 fully saturated rings. The number of rotatable bonds is 4. The Labute approximate surface area is 151 Å². The van der Waals surface area contributed by atoms with Gasteiger partial charge in [-0.05, 0) is 43.3 Å². The van der Waals surface area contributed by atoms with Crippen LogP contribution in [0.15, 0.2) is 77.7 Å². The zero-order valence-electron chi connectivity index (χ0n) is 14.1. The third-order valence-corrected chi connectivity index (χ3v) is 5.53. The molecule has 4 aromatic rings. The number of para-hydroxylation sites is 3. The molecule has 0 atom stereocenters. The third-order valence-electron chi connectivity index (χ3n) is 4.15. The van der Waals surface area contributed by atoms with Crippen molar-refractivity contribution in [2.24, 2.45) is 0 Å². The second-order valence-corrected chi connectivity index (χ2v) is 7.75. The monoisotopic (exact) mass is 363 g/mol. The minimum Gasteiger partial charge on any atom is -0.338 e. The van der Waals surface area contributed by atoms with Gasteiger partial charge in [-0.1, -0.05) is 42.0 Å². The maximum absolute atomic E-state index is 12.7. The van der Waals surface area contributed by atoms with Crippen LogP contribution in [0.25, 0.3) is 22.4 Å². The number of anilines is 1. The van der Waals surface area contributed by atoms with Gasteiger partial charge in [-0.15, -0.1) is 0 Å². The summed E-state index contributed by atoms with van der Waals surface area (Å²) in [7, 11) is -3.68. The Balaban J connectivity index is 1.75. The first-order valence-electron chi connectivity index (χ1n) is 8.16. The minimum atomic E-state index is -3.68. The van der Waals surface area contributed by atoms with Gasteiger partial charge in [0.1, 0.15) is 5.82 Å². The van der Waals surface area contributed by atoms with E-state index in [-0.39, 0.29) is 4.90 Å². The number of hydrogen-bond acceptors (Lipinski definition) is 3. The summed E-state index contributed by atoms with van der Waals surface area (Å²) in [5.41, 5.74) is 3.91. The first-order valence-corrected chi connectivity index (χ1v) is 9.65. The van der Waals surface area contributed by atoms with Gasteiger partial charge >= 0.3 is 0 Å². The van der Waals surface area contributed by atoms with Gasteiger partial charge in [-0.2, -0.15) is 0 Å². The van der Waals surface area contributed by atoms with E-state index in [0.717, 1.165) is 16.6 Å². The molecule has 0 unspecified atom stereocenters. The molecule has 1 heterocycles. The van der Waals surface area contributed by atoms with Crippen LogP contribution in [0.1, 0.15) is 5.56 Å². The second kappa shape index (κ2) is 6.31. The summed E-state index contributed by atoms with van der Waals surface area (Å²) in [5.74, 6) is 0.619. The number of aromatic nitrogens is 2. The number of imidazole rings is 1.